The normalized spacial score (nSPS) is 17.9. The van der Waals surface area contributed by atoms with Crippen LogP contribution in [0.3, 0.4) is 0 Å². The van der Waals surface area contributed by atoms with Gasteiger partial charge >= 0.3 is 0 Å². The summed E-state index contributed by atoms with van der Waals surface area (Å²) in [5.41, 5.74) is 0. The molecular weight excluding hydrogens is 158 g/mol. The maximum atomic E-state index is 11.4. The van der Waals surface area contributed by atoms with Gasteiger partial charge in [-0.2, -0.15) is 0 Å². The third kappa shape index (κ3) is 4.53. The Bertz CT molecular complexity index is 140. The summed E-state index contributed by atoms with van der Waals surface area (Å²) in [5.74, 6) is 0. The minimum Gasteiger partial charge on any atom is -0.242 e. The van der Waals surface area contributed by atoms with E-state index in [9.17, 15) is 4.21 Å². The molecule has 0 saturated carbocycles. The third-order valence-corrected chi connectivity index (χ3v) is 3.21. The van der Waals surface area contributed by atoms with Gasteiger partial charge in [0.1, 0.15) is 0 Å². The van der Waals surface area contributed by atoms with E-state index in [1.54, 1.807) is 0 Å². The zero-order chi connectivity index (χ0) is 9.07. The topological polar surface area (TPSA) is 29.1 Å². The summed E-state index contributed by atoms with van der Waals surface area (Å²) in [6.45, 7) is 10.0. The molecule has 0 heterocycles. The standard InChI is InChI=1S/C8H19NOS/c1-6-7(2)9-11(10)8(3,4)5/h7,9H,6H2,1-5H3/t7-,11-/m1/s1. The van der Waals surface area contributed by atoms with Crippen LogP contribution >= 0.6 is 0 Å². The van der Waals surface area contributed by atoms with Crippen LogP contribution in [0.15, 0.2) is 0 Å². The summed E-state index contributed by atoms with van der Waals surface area (Å²) in [7, 11) is -0.917. The van der Waals surface area contributed by atoms with E-state index in [0.29, 0.717) is 6.04 Å². The number of rotatable bonds is 3. The van der Waals surface area contributed by atoms with Gasteiger partial charge in [-0.3, -0.25) is 0 Å². The molecule has 1 N–H and O–H groups in total. The lowest BCUT2D eigenvalue weighted by Crippen LogP contribution is -2.38. The van der Waals surface area contributed by atoms with Crippen molar-refractivity contribution in [1.29, 1.82) is 0 Å². The van der Waals surface area contributed by atoms with Gasteiger partial charge in [-0.05, 0) is 34.1 Å². The van der Waals surface area contributed by atoms with Crippen LogP contribution in [-0.4, -0.2) is 15.0 Å². The average molecular weight is 177 g/mol. The quantitative estimate of drug-likeness (QED) is 0.700. The van der Waals surface area contributed by atoms with Gasteiger partial charge in [0, 0.05) is 6.04 Å². The summed E-state index contributed by atoms with van der Waals surface area (Å²) in [4.78, 5) is 0. The summed E-state index contributed by atoms with van der Waals surface area (Å²) >= 11 is 0. The predicted molar refractivity (Wildman–Crippen MR) is 50.8 cm³/mol. The van der Waals surface area contributed by atoms with Crippen LogP contribution in [0.5, 0.6) is 0 Å². The Morgan fingerprint density at radius 1 is 1.45 bits per heavy atom. The van der Waals surface area contributed by atoms with Gasteiger partial charge in [0.05, 0.1) is 15.7 Å². The van der Waals surface area contributed by atoms with E-state index < -0.39 is 11.0 Å². The van der Waals surface area contributed by atoms with Gasteiger partial charge in [0.25, 0.3) is 0 Å². The molecule has 0 aromatic carbocycles. The molecule has 0 saturated heterocycles. The zero-order valence-corrected chi connectivity index (χ0v) is 8.92. The molecular formula is C8H19NOS. The first-order valence-electron chi connectivity index (χ1n) is 4.06. The molecule has 68 valence electrons. The Labute approximate surface area is 72.4 Å². The fourth-order valence-electron chi connectivity index (χ4n) is 0.443. The van der Waals surface area contributed by atoms with Crippen molar-refractivity contribution in [3.05, 3.63) is 0 Å². The number of hydrogen-bond acceptors (Lipinski definition) is 1. The number of nitrogens with one attached hydrogen (secondary N) is 1. The van der Waals surface area contributed by atoms with E-state index in [4.69, 9.17) is 0 Å². The maximum Gasteiger partial charge on any atom is 0.0972 e. The van der Waals surface area contributed by atoms with Gasteiger partial charge in [0.2, 0.25) is 0 Å². The van der Waals surface area contributed by atoms with E-state index in [-0.39, 0.29) is 4.75 Å². The van der Waals surface area contributed by atoms with E-state index in [1.165, 1.54) is 0 Å². The van der Waals surface area contributed by atoms with Crippen LogP contribution in [0.25, 0.3) is 0 Å². The lowest BCUT2D eigenvalue weighted by Gasteiger charge is -2.20. The highest BCUT2D eigenvalue weighted by Gasteiger charge is 2.20. The Kier molecular flexibility index (Phi) is 4.26. The first-order chi connectivity index (χ1) is 4.88. The van der Waals surface area contributed by atoms with Crippen molar-refractivity contribution in [3.63, 3.8) is 0 Å². The molecule has 0 aliphatic heterocycles. The van der Waals surface area contributed by atoms with Crippen molar-refractivity contribution in [2.75, 3.05) is 0 Å². The summed E-state index contributed by atoms with van der Waals surface area (Å²) in [6.07, 6.45) is 1.02. The number of hydrogen-bond donors (Lipinski definition) is 1. The molecule has 0 spiro atoms. The lowest BCUT2D eigenvalue weighted by atomic mass is 10.3. The van der Waals surface area contributed by atoms with Crippen LogP contribution < -0.4 is 4.72 Å². The molecule has 11 heavy (non-hydrogen) atoms. The zero-order valence-electron chi connectivity index (χ0n) is 8.10. The van der Waals surface area contributed by atoms with Crippen LogP contribution in [0, 0.1) is 0 Å². The van der Waals surface area contributed by atoms with Crippen LogP contribution in [0.2, 0.25) is 0 Å². The minimum atomic E-state index is -0.917. The van der Waals surface area contributed by atoms with E-state index >= 15 is 0 Å². The molecule has 0 unspecified atom stereocenters. The van der Waals surface area contributed by atoms with Crippen molar-refractivity contribution in [3.8, 4) is 0 Å². The summed E-state index contributed by atoms with van der Waals surface area (Å²) in [5, 5.41) is 0. The van der Waals surface area contributed by atoms with Gasteiger partial charge in [-0.1, -0.05) is 6.92 Å². The van der Waals surface area contributed by atoms with Gasteiger partial charge in [-0.15, -0.1) is 0 Å². The molecule has 0 bridgehead atoms. The fraction of sp³-hybridized carbons (Fsp3) is 1.00. The lowest BCUT2D eigenvalue weighted by molar-refractivity contribution is 0.597. The molecule has 0 aromatic heterocycles. The summed E-state index contributed by atoms with van der Waals surface area (Å²) in [6, 6.07) is 0.343. The maximum absolute atomic E-state index is 11.4. The SMILES string of the molecule is CC[C@@H](C)N[S@](=O)C(C)(C)C. The first kappa shape index (κ1) is 11.1. The molecule has 2 nitrogen and oxygen atoms in total. The monoisotopic (exact) mass is 177 g/mol. The third-order valence-electron chi connectivity index (χ3n) is 1.48. The van der Waals surface area contributed by atoms with E-state index in [1.807, 2.05) is 27.7 Å². The van der Waals surface area contributed by atoms with E-state index in [2.05, 4.69) is 11.6 Å². The molecule has 0 rings (SSSR count). The van der Waals surface area contributed by atoms with Crippen molar-refractivity contribution in [2.45, 2.75) is 51.8 Å². The van der Waals surface area contributed by atoms with Gasteiger partial charge in [0.15, 0.2) is 0 Å². The highest BCUT2D eigenvalue weighted by molar-refractivity contribution is 7.84. The van der Waals surface area contributed by atoms with E-state index in [0.717, 1.165) is 6.42 Å². The van der Waals surface area contributed by atoms with Gasteiger partial charge in [-0.25, -0.2) is 8.93 Å². The second-order valence-corrected chi connectivity index (χ2v) is 5.81. The Hall–Kier alpha value is 0.110. The van der Waals surface area contributed by atoms with Crippen LogP contribution in [0.1, 0.15) is 41.0 Å². The molecule has 0 amide bonds. The van der Waals surface area contributed by atoms with Crippen molar-refractivity contribution < 1.29 is 4.21 Å². The average Bonchev–Trinajstić information content (AvgIpc) is 1.85. The molecule has 0 radical (unpaired) electrons. The van der Waals surface area contributed by atoms with Crippen molar-refractivity contribution >= 4 is 11.0 Å². The van der Waals surface area contributed by atoms with Crippen LogP contribution in [-0.2, 0) is 11.0 Å². The fourth-order valence-corrected chi connectivity index (χ4v) is 1.33. The second-order valence-electron chi connectivity index (χ2n) is 3.81. The molecule has 2 atom stereocenters. The Morgan fingerprint density at radius 2 is 1.91 bits per heavy atom. The molecule has 0 aliphatic rings. The molecule has 3 heteroatoms. The highest BCUT2D eigenvalue weighted by atomic mass is 32.2. The Morgan fingerprint density at radius 3 is 2.18 bits per heavy atom. The molecule has 0 aromatic rings. The minimum absolute atomic E-state index is 0.149. The first-order valence-corrected chi connectivity index (χ1v) is 5.21. The largest absolute Gasteiger partial charge is 0.242 e. The smallest absolute Gasteiger partial charge is 0.0972 e. The van der Waals surface area contributed by atoms with Crippen molar-refractivity contribution in [1.82, 2.24) is 4.72 Å². The van der Waals surface area contributed by atoms with Gasteiger partial charge < -0.3 is 0 Å². The Balaban J connectivity index is 3.88. The van der Waals surface area contributed by atoms with Crippen molar-refractivity contribution in [2.24, 2.45) is 0 Å². The van der Waals surface area contributed by atoms with Crippen LogP contribution in [0.4, 0.5) is 0 Å². The highest BCUT2D eigenvalue weighted by Crippen LogP contribution is 2.09. The second kappa shape index (κ2) is 4.21. The predicted octanol–water partition coefficient (Wildman–Crippen LogP) is 1.84. The molecule has 0 fully saturated rings. The summed E-state index contributed by atoms with van der Waals surface area (Å²) < 4.78 is 14.3. The molecule has 0 aliphatic carbocycles.